The van der Waals surface area contributed by atoms with Gasteiger partial charge in [0.1, 0.15) is 16.5 Å². The molecule has 0 rings (SSSR count). The van der Waals surface area contributed by atoms with Crippen molar-refractivity contribution in [1.29, 1.82) is 0 Å². The molecule has 30 heavy (non-hydrogen) atoms. The maximum Gasteiger partial charge on any atom is 0.122 e. The zero-order valence-corrected chi connectivity index (χ0v) is 25.6. The van der Waals surface area contributed by atoms with E-state index >= 15 is 0 Å². The Labute approximate surface area is 195 Å². The monoisotopic (exact) mass is 455 g/mol. The van der Waals surface area contributed by atoms with Gasteiger partial charge in [0.25, 0.3) is 0 Å². The van der Waals surface area contributed by atoms with Crippen LogP contribution in [0.3, 0.4) is 0 Å². The van der Waals surface area contributed by atoms with Crippen molar-refractivity contribution < 1.29 is 0 Å². The van der Waals surface area contributed by atoms with E-state index in [1.165, 1.54) is 49.2 Å². The van der Waals surface area contributed by atoms with E-state index in [0.29, 0.717) is 0 Å². The second-order valence-electron chi connectivity index (χ2n) is 13.2. The Morgan fingerprint density at radius 2 is 0.633 bits per heavy atom. The van der Waals surface area contributed by atoms with Crippen molar-refractivity contribution in [1.82, 2.24) is 4.23 Å². The fourth-order valence-electron chi connectivity index (χ4n) is 6.92. The lowest BCUT2D eigenvalue weighted by Crippen LogP contribution is -2.69. The highest BCUT2D eigenvalue weighted by molar-refractivity contribution is 6.93. The smallest absolute Gasteiger partial charge is 0.122 e. The average molecular weight is 456 g/mol. The molecule has 0 unspecified atom stereocenters. The van der Waals surface area contributed by atoms with Crippen LogP contribution >= 0.6 is 0 Å². The van der Waals surface area contributed by atoms with Crippen molar-refractivity contribution in [3.05, 3.63) is 0 Å². The Hall–Kier alpha value is 0.394. The van der Waals surface area contributed by atoms with Gasteiger partial charge in [-0.15, -0.1) is 0 Å². The number of rotatable bonds is 16. The fraction of sp³-hybridized carbons (Fsp3) is 1.00. The molecule has 0 N–H and O–H groups in total. The maximum absolute atomic E-state index is 3.42. The number of hydrogen-bond acceptors (Lipinski definition) is 1. The Morgan fingerprint density at radius 3 is 0.767 bits per heavy atom. The minimum absolute atomic E-state index is 0.817. The molecule has 0 bridgehead atoms. The van der Waals surface area contributed by atoms with Crippen LogP contribution < -0.4 is 0 Å². The minimum Gasteiger partial charge on any atom is -0.345 e. The molecule has 0 aliphatic rings. The predicted octanol–water partition coefficient (Wildman–Crippen LogP) is 9.53. The van der Waals surface area contributed by atoms with Gasteiger partial charge < -0.3 is 4.23 Å². The van der Waals surface area contributed by atoms with Crippen LogP contribution in [0.15, 0.2) is 0 Å². The third-order valence-electron chi connectivity index (χ3n) is 6.32. The maximum atomic E-state index is 3.42. The van der Waals surface area contributed by atoms with E-state index in [-0.39, 0.29) is 0 Å². The fourth-order valence-corrected chi connectivity index (χ4v) is 25.4. The molecule has 0 amide bonds. The quantitative estimate of drug-likeness (QED) is 0.209. The first-order valence-electron chi connectivity index (χ1n) is 13.5. The van der Waals surface area contributed by atoms with Crippen LogP contribution in [0.2, 0.25) is 36.3 Å². The van der Waals surface area contributed by atoms with Crippen LogP contribution in [0.4, 0.5) is 0 Å². The van der Waals surface area contributed by atoms with Crippen molar-refractivity contribution in [2.45, 2.75) is 133 Å². The number of nitrogens with zero attached hydrogens (tertiary/aromatic N) is 1. The SMILES string of the molecule is CCCN([Si](CC(C)C)(CC(C)C)CC(C)C)[Si](CC(C)C)(CC(C)C)CC(C)C. The second kappa shape index (κ2) is 13.8. The van der Waals surface area contributed by atoms with E-state index < -0.39 is 16.5 Å². The molecule has 3 heteroatoms. The molecule has 0 aromatic heterocycles. The summed E-state index contributed by atoms with van der Waals surface area (Å²) < 4.78 is 3.42. The summed E-state index contributed by atoms with van der Waals surface area (Å²) in [5.41, 5.74) is 0. The highest BCUT2D eigenvalue weighted by atomic mass is 28.4. The van der Waals surface area contributed by atoms with Crippen LogP contribution in [-0.2, 0) is 0 Å². The molecule has 0 saturated heterocycles. The zero-order valence-electron chi connectivity index (χ0n) is 23.6. The summed E-state index contributed by atoms with van der Waals surface area (Å²) in [6.07, 6.45) is 1.33. The van der Waals surface area contributed by atoms with Gasteiger partial charge in [-0.2, -0.15) is 0 Å². The van der Waals surface area contributed by atoms with E-state index in [0.717, 1.165) is 35.5 Å². The molecule has 0 spiro atoms. The molecular formula is C27H61NSi2. The summed E-state index contributed by atoms with van der Waals surface area (Å²) in [5, 5.41) is 0. The van der Waals surface area contributed by atoms with Crippen LogP contribution in [0.25, 0.3) is 0 Å². The summed E-state index contributed by atoms with van der Waals surface area (Å²) in [6, 6.07) is 9.04. The van der Waals surface area contributed by atoms with E-state index in [9.17, 15) is 0 Å². The molecule has 0 saturated carbocycles. The van der Waals surface area contributed by atoms with Gasteiger partial charge in [-0.3, -0.25) is 0 Å². The molecular weight excluding hydrogens is 394 g/mol. The first-order valence-corrected chi connectivity index (χ1v) is 18.6. The van der Waals surface area contributed by atoms with Crippen molar-refractivity contribution in [2.24, 2.45) is 35.5 Å². The highest BCUT2D eigenvalue weighted by Crippen LogP contribution is 2.44. The van der Waals surface area contributed by atoms with Crippen molar-refractivity contribution in [3.63, 3.8) is 0 Å². The Balaban J connectivity index is 6.86. The zero-order chi connectivity index (χ0) is 23.7. The summed E-state index contributed by atoms with van der Waals surface area (Å²) in [6.45, 7) is 33.9. The summed E-state index contributed by atoms with van der Waals surface area (Å²) in [7, 11) is -3.15. The topological polar surface area (TPSA) is 3.24 Å². The van der Waals surface area contributed by atoms with E-state index in [2.05, 4.69) is 94.2 Å². The predicted molar refractivity (Wildman–Crippen MR) is 146 cm³/mol. The molecule has 0 aliphatic carbocycles. The molecule has 0 aromatic rings. The molecule has 0 atom stereocenters. The summed E-state index contributed by atoms with van der Waals surface area (Å²) in [5.74, 6) is 4.90. The lowest BCUT2D eigenvalue weighted by molar-refractivity contribution is 0.484. The third kappa shape index (κ3) is 10.3. The van der Waals surface area contributed by atoms with E-state index in [1.54, 1.807) is 0 Å². The van der Waals surface area contributed by atoms with Crippen molar-refractivity contribution in [2.75, 3.05) is 6.54 Å². The third-order valence-corrected chi connectivity index (χ3v) is 21.4. The van der Waals surface area contributed by atoms with Gasteiger partial charge in [0.2, 0.25) is 0 Å². The van der Waals surface area contributed by atoms with Gasteiger partial charge in [-0.05, 0) is 84.7 Å². The summed E-state index contributed by atoms with van der Waals surface area (Å²) >= 11 is 0. The largest absolute Gasteiger partial charge is 0.345 e. The second-order valence-corrected chi connectivity index (χ2v) is 22.1. The first-order chi connectivity index (χ1) is 13.7. The van der Waals surface area contributed by atoms with Gasteiger partial charge in [0, 0.05) is 0 Å². The molecule has 0 radical (unpaired) electrons. The van der Waals surface area contributed by atoms with Crippen LogP contribution in [0.5, 0.6) is 0 Å². The van der Waals surface area contributed by atoms with Gasteiger partial charge >= 0.3 is 0 Å². The molecule has 182 valence electrons. The van der Waals surface area contributed by atoms with Gasteiger partial charge in [-0.25, -0.2) is 0 Å². The van der Waals surface area contributed by atoms with E-state index in [4.69, 9.17) is 0 Å². The Bertz CT molecular complexity index is 349. The number of hydrogen-bond donors (Lipinski definition) is 0. The van der Waals surface area contributed by atoms with Crippen LogP contribution in [0.1, 0.15) is 96.4 Å². The minimum atomic E-state index is -1.58. The van der Waals surface area contributed by atoms with Gasteiger partial charge in [-0.1, -0.05) is 90.0 Å². The standard InChI is InChI=1S/C27H61NSi2/c1-14-15-28(29(16-22(2)3,17-23(4)5)18-24(6)7)30(19-25(8)9,20-26(10)11)21-27(12)13/h22-27H,14-21H2,1-13H3. The lowest BCUT2D eigenvalue weighted by atomic mass is 10.2. The molecule has 0 heterocycles. The lowest BCUT2D eigenvalue weighted by Gasteiger charge is -2.57. The van der Waals surface area contributed by atoms with Crippen molar-refractivity contribution in [3.8, 4) is 0 Å². The van der Waals surface area contributed by atoms with Crippen molar-refractivity contribution >= 4 is 16.5 Å². The van der Waals surface area contributed by atoms with Gasteiger partial charge in [0.05, 0.1) is 0 Å². The molecule has 0 fully saturated rings. The normalized spacial score (nSPS) is 14.0. The Kier molecular flexibility index (Phi) is 14.0. The highest BCUT2D eigenvalue weighted by Gasteiger charge is 2.51. The average Bonchev–Trinajstić information content (AvgIpc) is 2.47. The van der Waals surface area contributed by atoms with Crippen LogP contribution in [0, 0.1) is 35.5 Å². The summed E-state index contributed by atoms with van der Waals surface area (Å²) in [4.78, 5) is 0. The molecule has 1 nitrogen and oxygen atoms in total. The molecule has 0 aliphatic heterocycles. The van der Waals surface area contributed by atoms with Gasteiger partial charge in [0.15, 0.2) is 0 Å². The Morgan fingerprint density at radius 1 is 0.433 bits per heavy atom. The first kappa shape index (κ1) is 30.4. The van der Waals surface area contributed by atoms with E-state index in [1.807, 2.05) is 0 Å². The van der Waals surface area contributed by atoms with Crippen LogP contribution in [-0.4, -0.2) is 27.2 Å². The molecule has 0 aromatic carbocycles.